The number of anilines is 1. The Labute approximate surface area is 95.1 Å². The highest BCUT2D eigenvalue weighted by atomic mass is 16.1. The van der Waals surface area contributed by atoms with Crippen molar-refractivity contribution >= 4 is 11.6 Å². The van der Waals surface area contributed by atoms with E-state index in [9.17, 15) is 4.79 Å². The van der Waals surface area contributed by atoms with Gasteiger partial charge in [0, 0.05) is 17.8 Å². The maximum absolute atomic E-state index is 11.7. The molecular formula is C12H15N3O. The molecule has 4 nitrogen and oxygen atoms in total. The molecule has 0 aliphatic heterocycles. The molecule has 0 bridgehead atoms. The van der Waals surface area contributed by atoms with Crippen LogP contribution in [0.1, 0.15) is 24.2 Å². The molecular weight excluding hydrogens is 202 g/mol. The summed E-state index contributed by atoms with van der Waals surface area (Å²) in [7, 11) is 0. The second-order valence-electron chi connectivity index (χ2n) is 4.30. The molecule has 1 amide bonds. The van der Waals surface area contributed by atoms with Gasteiger partial charge in [-0.15, -0.1) is 0 Å². The third-order valence-electron chi connectivity index (χ3n) is 2.14. The van der Waals surface area contributed by atoms with Crippen LogP contribution in [0.5, 0.6) is 0 Å². The smallest absolute Gasteiger partial charge is 0.251 e. The van der Waals surface area contributed by atoms with E-state index < -0.39 is 5.41 Å². The average molecular weight is 217 g/mol. The second-order valence-corrected chi connectivity index (χ2v) is 4.30. The first-order valence-electron chi connectivity index (χ1n) is 4.99. The Kier molecular flexibility index (Phi) is 3.51. The second kappa shape index (κ2) is 4.67. The fourth-order valence-electron chi connectivity index (χ4n) is 1.12. The molecule has 0 saturated carbocycles. The van der Waals surface area contributed by atoms with Gasteiger partial charge in [-0.1, -0.05) is 6.07 Å². The summed E-state index contributed by atoms with van der Waals surface area (Å²) in [4.78, 5) is 11.7. The van der Waals surface area contributed by atoms with Gasteiger partial charge in [0.25, 0.3) is 5.91 Å². The molecule has 84 valence electrons. The van der Waals surface area contributed by atoms with Crippen LogP contribution in [0.2, 0.25) is 0 Å². The number of hydrogen-bond acceptors (Lipinski definition) is 3. The van der Waals surface area contributed by atoms with Gasteiger partial charge in [-0.2, -0.15) is 5.26 Å². The number of carbonyl (C=O) groups excluding carboxylic acids is 1. The zero-order chi connectivity index (χ0) is 12.2. The van der Waals surface area contributed by atoms with E-state index in [4.69, 9.17) is 11.0 Å². The Bertz CT molecular complexity index is 432. The summed E-state index contributed by atoms with van der Waals surface area (Å²) in [6.45, 7) is 3.86. The molecule has 0 heterocycles. The number of carbonyl (C=O) groups is 1. The molecule has 4 heteroatoms. The quantitative estimate of drug-likeness (QED) is 0.754. The number of nitriles is 1. The lowest BCUT2D eigenvalue weighted by Gasteiger charge is -2.15. The highest BCUT2D eigenvalue weighted by molar-refractivity contribution is 5.95. The van der Waals surface area contributed by atoms with Crippen molar-refractivity contribution in [1.82, 2.24) is 5.32 Å². The summed E-state index contributed by atoms with van der Waals surface area (Å²) < 4.78 is 0. The minimum atomic E-state index is -0.560. The molecule has 16 heavy (non-hydrogen) atoms. The molecule has 1 aromatic carbocycles. The average Bonchev–Trinajstić information content (AvgIpc) is 2.26. The van der Waals surface area contributed by atoms with Gasteiger partial charge >= 0.3 is 0 Å². The SMILES string of the molecule is CC(C)(C#N)CNC(=O)c1cccc(N)c1. The van der Waals surface area contributed by atoms with E-state index in [1.807, 2.05) is 0 Å². The fourth-order valence-corrected chi connectivity index (χ4v) is 1.12. The molecule has 1 rings (SSSR count). The van der Waals surface area contributed by atoms with Crippen molar-refractivity contribution in [3.8, 4) is 6.07 Å². The molecule has 0 aliphatic carbocycles. The molecule has 0 spiro atoms. The van der Waals surface area contributed by atoms with Gasteiger partial charge in [0.1, 0.15) is 0 Å². The summed E-state index contributed by atoms with van der Waals surface area (Å²) in [6.07, 6.45) is 0. The predicted octanol–water partition coefficient (Wildman–Crippen LogP) is 1.55. The highest BCUT2D eigenvalue weighted by Crippen LogP contribution is 2.12. The Morgan fingerprint density at radius 3 is 2.81 bits per heavy atom. The van der Waals surface area contributed by atoms with Crippen LogP contribution in [0.25, 0.3) is 0 Å². The molecule has 3 N–H and O–H groups in total. The summed E-state index contributed by atoms with van der Waals surface area (Å²) >= 11 is 0. The number of benzene rings is 1. The van der Waals surface area contributed by atoms with Gasteiger partial charge < -0.3 is 11.1 Å². The molecule has 0 aliphatic rings. The Morgan fingerprint density at radius 1 is 1.56 bits per heavy atom. The Balaban J connectivity index is 2.64. The molecule has 0 aromatic heterocycles. The first-order chi connectivity index (χ1) is 7.44. The van der Waals surface area contributed by atoms with Gasteiger partial charge in [-0.05, 0) is 32.0 Å². The number of hydrogen-bond donors (Lipinski definition) is 2. The summed E-state index contributed by atoms with van der Waals surface area (Å²) in [5.74, 6) is -0.212. The predicted molar refractivity (Wildman–Crippen MR) is 62.6 cm³/mol. The number of rotatable bonds is 3. The van der Waals surface area contributed by atoms with Crippen LogP contribution in [-0.4, -0.2) is 12.5 Å². The molecule has 1 aromatic rings. The van der Waals surface area contributed by atoms with E-state index in [1.165, 1.54) is 0 Å². The molecule has 0 radical (unpaired) electrons. The minimum Gasteiger partial charge on any atom is -0.399 e. The van der Waals surface area contributed by atoms with Crippen molar-refractivity contribution in [2.75, 3.05) is 12.3 Å². The molecule has 0 fully saturated rings. The zero-order valence-corrected chi connectivity index (χ0v) is 9.45. The van der Waals surface area contributed by atoms with Crippen molar-refractivity contribution in [2.24, 2.45) is 5.41 Å². The van der Waals surface area contributed by atoms with Crippen molar-refractivity contribution in [2.45, 2.75) is 13.8 Å². The maximum Gasteiger partial charge on any atom is 0.251 e. The lowest BCUT2D eigenvalue weighted by Crippen LogP contribution is -2.33. The lowest BCUT2D eigenvalue weighted by molar-refractivity contribution is 0.0944. The van der Waals surface area contributed by atoms with Gasteiger partial charge in [0.05, 0.1) is 11.5 Å². The number of nitrogens with one attached hydrogen (secondary N) is 1. The maximum atomic E-state index is 11.7. The molecule has 0 unspecified atom stereocenters. The first-order valence-corrected chi connectivity index (χ1v) is 4.99. The van der Waals surface area contributed by atoms with Crippen LogP contribution in [0, 0.1) is 16.7 Å². The normalized spacial score (nSPS) is 10.6. The minimum absolute atomic E-state index is 0.212. The van der Waals surface area contributed by atoms with Crippen LogP contribution < -0.4 is 11.1 Å². The third kappa shape index (κ3) is 3.28. The number of nitrogens with zero attached hydrogens (tertiary/aromatic N) is 1. The third-order valence-corrected chi connectivity index (χ3v) is 2.14. The van der Waals surface area contributed by atoms with Gasteiger partial charge in [0.2, 0.25) is 0 Å². The molecule has 0 atom stereocenters. The van der Waals surface area contributed by atoms with E-state index in [2.05, 4.69) is 11.4 Å². The van der Waals surface area contributed by atoms with Crippen LogP contribution in [0.15, 0.2) is 24.3 Å². The van der Waals surface area contributed by atoms with Crippen LogP contribution in [0.4, 0.5) is 5.69 Å². The largest absolute Gasteiger partial charge is 0.399 e. The van der Waals surface area contributed by atoms with Crippen molar-refractivity contribution in [1.29, 1.82) is 5.26 Å². The summed E-state index contributed by atoms with van der Waals surface area (Å²) in [5.41, 5.74) is 6.07. The number of nitrogens with two attached hydrogens (primary N) is 1. The Morgan fingerprint density at radius 2 is 2.25 bits per heavy atom. The van der Waals surface area contributed by atoms with E-state index >= 15 is 0 Å². The van der Waals surface area contributed by atoms with Crippen molar-refractivity contribution < 1.29 is 4.79 Å². The van der Waals surface area contributed by atoms with Crippen LogP contribution >= 0.6 is 0 Å². The molecule has 0 saturated heterocycles. The fraction of sp³-hybridized carbons (Fsp3) is 0.333. The highest BCUT2D eigenvalue weighted by Gasteiger charge is 2.18. The Hall–Kier alpha value is -2.02. The number of nitrogen functional groups attached to an aromatic ring is 1. The van der Waals surface area contributed by atoms with E-state index in [1.54, 1.807) is 38.1 Å². The monoisotopic (exact) mass is 217 g/mol. The van der Waals surface area contributed by atoms with E-state index in [0.29, 0.717) is 17.8 Å². The first kappa shape index (κ1) is 12.1. The number of amides is 1. The van der Waals surface area contributed by atoms with Crippen molar-refractivity contribution in [3.05, 3.63) is 29.8 Å². The van der Waals surface area contributed by atoms with E-state index in [-0.39, 0.29) is 5.91 Å². The summed E-state index contributed by atoms with van der Waals surface area (Å²) in [6, 6.07) is 8.85. The van der Waals surface area contributed by atoms with Gasteiger partial charge in [0.15, 0.2) is 0 Å². The summed E-state index contributed by atoms with van der Waals surface area (Å²) in [5, 5.41) is 11.5. The van der Waals surface area contributed by atoms with E-state index in [0.717, 1.165) is 0 Å². The van der Waals surface area contributed by atoms with Crippen LogP contribution in [-0.2, 0) is 0 Å². The van der Waals surface area contributed by atoms with Gasteiger partial charge in [-0.25, -0.2) is 0 Å². The van der Waals surface area contributed by atoms with Crippen molar-refractivity contribution in [3.63, 3.8) is 0 Å². The zero-order valence-electron chi connectivity index (χ0n) is 9.45. The lowest BCUT2D eigenvalue weighted by atomic mass is 9.96. The van der Waals surface area contributed by atoms with Gasteiger partial charge in [-0.3, -0.25) is 4.79 Å². The van der Waals surface area contributed by atoms with Crippen LogP contribution in [0.3, 0.4) is 0 Å². The topological polar surface area (TPSA) is 78.9 Å². The standard InChI is InChI=1S/C12H15N3O/c1-12(2,7-13)8-15-11(16)9-4-3-5-10(14)6-9/h3-6H,8,14H2,1-2H3,(H,15,16).